The number of halogens is 1. The molecule has 0 radical (unpaired) electrons. The minimum atomic E-state index is -3.33. The number of nitrogens with one attached hydrogen (secondary N) is 2. The Labute approximate surface area is 125 Å². The summed E-state index contributed by atoms with van der Waals surface area (Å²) >= 11 is 3.41. The smallest absolute Gasteiger partial charge is 0.233 e. The predicted octanol–water partition coefficient (Wildman–Crippen LogP) is 2.74. The van der Waals surface area contributed by atoms with Crippen molar-refractivity contribution in [1.29, 1.82) is 0 Å². The van der Waals surface area contributed by atoms with Crippen molar-refractivity contribution in [2.45, 2.75) is 6.92 Å². The van der Waals surface area contributed by atoms with Crippen LogP contribution in [0.2, 0.25) is 0 Å². The molecule has 106 valence electrons. The van der Waals surface area contributed by atoms with E-state index >= 15 is 0 Å². The lowest BCUT2D eigenvalue weighted by atomic mass is 10.3. The third kappa shape index (κ3) is 3.91. The summed E-state index contributed by atoms with van der Waals surface area (Å²) in [5.41, 5.74) is 0.851. The molecule has 0 unspecified atom stereocenters. The van der Waals surface area contributed by atoms with Crippen molar-refractivity contribution in [2.75, 3.05) is 15.8 Å². The maximum Gasteiger partial charge on any atom is 0.233 e. The average Bonchev–Trinajstić information content (AvgIpc) is 2.43. The molecular formula is C12H13BrN4O2S. The Kier molecular flexibility index (Phi) is 4.56. The highest BCUT2D eigenvalue weighted by molar-refractivity contribution is 9.10. The Morgan fingerprint density at radius 3 is 2.35 bits per heavy atom. The highest BCUT2D eigenvalue weighted by Crippen LogP contribution is 2.24. The molecule has 0 aliphatic rings. The summed E-state index contributed by atoms with van der Waals surface area (Å²) in [7, 11) is -3.33. The Morgan fingerprint density at radius 1 is 1.10 bits per heavy atom. The molecule has 0 spiro atoms. The molecule has 1 aromatic heterocycles. The molecular weight excluding hydrogens is 344 g/mol. The fourth-order valence-corrected chi connectivity index (χ4v) is 2.34. The monoisotopic (exact) mass is 356 g/mol. The van der Waals surface area contributed by atoms with E-state index in [-0.39, 0.29) is 11.6 Å². The fraction of sp³-hybridized carbons (Fsp3) is 0.167. The molecule has 0 bridgehead atoms. The van der Waals surface area contributed by atoms with Crippen LogP contribution in [0.3, 0.4) is 0 Å². The van der Waals surface area contributed by atoms with Crippen molar-refractivity contribution in [3.63, 3.8) is 0 Å². The van der Waals surface area contributed by atoms with E-state index in [4.69, 9.17) is 0 Å². The van der Waals surface area contributed by atoms with Crippen LogP contribution in [0.1, 0.15) is 6.92 Å². The van der Waals surface area contributed by atoms with Gasteiger partial charge in [0, 0.05) is 4.47 Å². The van der Waals surface area contributed by atoms with Crippen molar-refractivity contribution in [3.8, 4) is 0 Å². The van der Waals surface area contributed by atoms with Crippen LogP contribution in [-0.4, -0.2) is 24.4 Å². The molecule has 2 N–H and O–H groups in total. The van der Waals surface area contributed by atoms with Gasteiger partial charge in [0.25, 0.3) is 0 Å². The normalized spacial score (nSPS) is 11.1. The maximum absolute atomic E-state index is 11.4. The summed E-state index contributed by atoms with van der Waals surface area (Å²) in [4.78, 5) is 0. The molecule has 0 saturated heterocycles. The van der Waals surface area contributed by atoms with Crippen LogP contribution in [0, 0.1) is 0 Å². The van der Waals surface area contributed by atoms with Gasteiger partial charge in [0.15, 0.2) is 11.6 Å². The van der Waals surface area contributed by atoms with Crippen molar-refractivity contribution in [3.05, 3.63) is 40.9 Å². The molecule has 8 heteroatoms. The van der Waals surface area contributed by atoms with E-state index < -0.39 is 10.0 Å². The third-order valence-electron chi connectivity index (χ3n) is 2.44. The summed E-state index contributed by atoms with van der Waals surface area (Å²) < 4.78 is 26.0. The first kappa shape index (κ1) is 14.7. The van der Waals surface area contributed by atoms with Gasteiger partial charge in [-0.2, -0.15) is 0 Å². The first-order chi connectivity index (χ1) is 9.50. The minimum Gasteiger partial charge on any atom is -0.338 e. The number of hydrogen-bond acceptors (Lipinski definition) is 5. The van der Waals surface area contributed by atoms with E-state index in [1.807, 2.05) is 24.3 Å². The molecule has 6 nitrogen and oxygen atoms in total. The number of anilines is 3. The van der Waals surface area contributed by atoms with E-state index in [0.717, 1.165) is 10.2 Å². The minimum absolute atomic E-state index is 0.00829. The Bertz CT molecular complexity index is 689. The molecule has 2 rings (SSSR count). The van der Waals surface area contributed by atoms with Gasteiger partial charge in [0.05, 0.1) is 11.4 Å². The second-order valence-electron chi connectivity index (χ2n) is 3.91. The van der Waals surface area contributed by atoms with Gasteiger partial charge in [-0.15, -0.1) is 10.2 Å². The van der Waals surface area contributed by atoms with Crippen molar-refractivity contribution in [1.82, 2.24) is 10.2 Å². The molecule has 0 saturated carbocycles. The van der Waals surface area contributed by atoms with E-state index in [2.05, 4.69) is 36.2 Å². The standard InChI is InChI=1S/C12H13BrN4O2S/c1-2-20(18,19)17-12-8-7-11(15-16-12)14-10-6-4-3-5-9(10)13/h3-8H,2H2,1H3,(H,14,15)(H,16,17). The Balaban J connectivity index is 2.11. The molecule has 20 heavy (non-hydrogen) atoms. The quantitative estimate of drug-likeness (QED) is 0.860. The van der Waals surface area contributed by atoms with Gasteiger partial charge in [-0.3, -0.25) is 4.72 Å². The van der Waals surface area contributed by atoms with Crippen LogP contribution >= 0.6 is 15.9 Å². The van der Waals surface area contributed by atoms with Crippen LogP contribution in [0.5, 0.6) is 0 Å². The van der Waals surface area contributed by atoms with E-state index in [0.29, 0.717) is 5.82 Å². The van der Waals surface area contributed by atoms with Crippen molar-refractivity contribution >= 4 is 43.3 Å². The SMILES string of the molecule is CCS(=O)(=O)Nc1ccc(Nc2ccccc2Br)nn1. The third-order valence-corrected chi connectivity index (χ3v) is 4.41. The lowest BCUT2D eigenvalue weighted by Crippen LogP contribution is -2.15. The predicted molar refractivity (Wildman–Crippen MR) is 82.5 cm³/mol. The summed E-state index contributed by atoms with van der Waals surface area (Å²) in [5, 5.41) is 10.8. The average molecular weight is 357 g/mol. The molecule has 0 aliphatic carbocycles. The van der Waals surface area contributed by atoms with Gasteiger partial charge in [0.1, 0.15) is 0 Å². The second-order valence-corrected chi connectivity index (χ2v) is 6.78. The van der Waals surface area contributed by atoms with Crippen molar-refractivity contribution in [2.24, 2.45) is 0 Å². The van der Waals surface area contributed by atoms with Gasteiger partial charge in [-0.1, -0.05) is 12.1 Å². The second kappa shape index (κ2) is 6.19. The summed E-state index contributed by atoms with van der Waals surface area (Å²) in [6.45, 7) is 1.55. The lowest BCUT2D eigenvalue weighted by molar-refractivity contribution is 0.602. The van der Waals surface area contributed by atoms with Gasteiger partial charge in [-0.05, 0) is 47.1 Å². The van der Waals surface area contributed by atoms with Gasteiger partial charge in [0.2, 0.25) is 10.0 Å². The lowest BCUT2D eigenvalue weighted by Gasteiger charge is -2.08. The van der Waals surface area contributed by atoms with E-state index in [1.165, 1.54) is 0 Å². The number of rotatable bonds is 5. The van der Waals surface area contributed by atoms with Crippen molar-refractivity contribution < 1.29 is 8.42 Å². The summed E-state index contributed by atoms with van der Waals surface area (Å²) in [5.74, 6) is 0.715. The molecule has 2 aromatic rings. The molecule has 1 heterocycles. The first-order valence-corrected chi connectivity index (χ1v) is 8.30. The largest absolute Gasteiger partial charge is 0.338 e. The van der Waals surface area contributed by atoms with E-state index in [1.54, 1.807) is 19.1 Å². The zero-order chi connectivity index (χ0) is 14.6. The number of benzene rings is 1. The molecule has 0 amide bonds. The van der Waals surface area contributed by atoms with Gasteiger partial charge in [-0.25, -0.2) is 8.42 Å². The summed E-state index contributed by atoms with van der Waals surface area (Å²) in [6, 6.07) is 10.8. The zero-order valence-electron chi connectivity index (χ0n) is 10.7. The molecule has 0 aliphatic heterocycles. The highest BCUT2D eigenvalue weighted by atomic mass is 79.9. The number of sulfonamides is 1. The van der Waals surface area contributed by atoms with Gasteiger partial charge >= 0.3 is 0 Å². The molecule has 0 atom stereocenters. The molecule has 1 aromatic carbocycles. The number of para-hydroxylation sites is 1. The van der Waals surface area contributed by atoms with Crippen LogP contribution < -0.4 is 10.0 Å². The molecule has 0 fully saturated rings. The Morgan fingerprint density at radius 2 is 1.75 bits per heavy atom. The number of aromatic nitrogens is 2. The van der Waals surface area contributed by atoms with Crippen LogP contribution in [0.25, 0.3) is 0 Å². The number of nitrogens with zero attached hydrogens (tertiary/aromatic N) is 2. The Hall–Kier alpha value is -1.67. The topological polar surface area (TPSA) is 84.0 Å². The maximum atomic E-state index is 11.4. The fourth-order valence-electron chi connectivity index (χ4n) is 1.39. The van der Waals surface area contributed by atoms with Gasteiger partial charge < -0.3 is 5.32 Å². The van der Waals surface area contributed by atoms with Crippen LogP contribution in [0.4, 0.5) is 17.3 Å². The highest BCUT2D eigenvalue weighted by Gasteiger charge is 2.08. The first-order valence-electron chi connectivity index (χ1n) is 5.86. The van der Waals surface area contributed by atoms with E-state index in [9.17, 15) is 8.42 Å². The van der Waals surface area contributed by atoms with Crippen LogP contribution in [0.15, 0.2) is 40.9 Å². The zero-order valence-corrected chi connectivity index (χ0v) is 13.1. The van der Waals surface area contributed by atoms with Crippen LogP contribution in [-0.2, 0) is 10.0 Å². The number of hydrogen-bond donors (Lipinski definition) is 2. The summed E-state index contributed by atoms with van der Waals surface area (Å²) in [6.07, 6.45) is 0.